The minimum Gasteiger partial charge on any atom is -0.481 e. The molecule has 1 aliphatic rings. The maximum absolute atomic E-state index is 6.26. The fourth-order valence-electron chi connectivity index (χ4n) is 3.41. The number of nitrogens with two attached hydrogens (primary N) is 1. The van der Waals surface area contributed by atoms with Crippen LogP contribution in [0, 0.1) is 0 Å². The Bertz CT molecular complexity index is 800. The summed E-state index contributed by atoms with van der Waals surface area (Å²) in [6.45, 7) is 6.02. The Morgan fingerprint density at radius 3 is 2.43 bits per heavy atom. The lowest BCUT2D eigenvalue weighted by atomic mass is 10.2. The number of aliphatic imine (C=N–C) groups is 1. The number of piperazine rings is 1. The predicted octanol–water partition coefficient (Wildman–Crippen LogP) is 2.90. The standard InChI is InChI=1S/C19H27ClN6O.HI/c1-4-17-16(18(27-3)24(2)23-17)13-22-19(21)26-11-9-25(10-12-26)15-7-5-14(20)6-8-15;/h5-8H,4,9-13H2,1-3H3,(H2,21,22);1H. The van der Waals surface area contributed by atoms with Crippen molar-refractivity contribution in [1.29, 1.82) is 0 Å². The zero-order chi connectivity index (χ0) is 19.4. The van der Waals surface area contributed by atoms with Crippen LogP contribution in [0.25, 0.3) is 0 Å². The summed E-state index contributed by atoms with van der Waals surface area (Å²) in [5.74, 6) is 1.31. The first-order valence-corrected chi connectivity index (χ1v) is 9.55. The van der Waals surface area contributed by atoms with E-state index in [1.807, 2.05) is 19.2 Å². The van der Waals surface area contributed by atoms with Crippen LogP contribution < -0.4 is 15.4 Å². The van der Waals surface area contributed by atoms with Crippen LogP contribution in [-0.2, 0) is 20.0 Å². The Kier molecular flexibility index (Phi) is 8.23. The molecule has 2 aromatic rings. The number of methoxy groups -OCH3 is 1. The number of aryl methyl sites for hydroxylation is 2. The summed E-state index contributed by atoms with van der Waals surface area (Å²) in [6, 6.07) is 7.95. The molecule has 0 aliphatic carbocycles. The minimum absolute atomic E-state index is 0. The Labute approximate surface area is 188 Å². The summed E-state index contributed by atoms with van der Waals surface area (Å²) in [5, 5.41) is 5.25. The molecule has 0 saturated carbocycles. The fraction of sp³-hybridized carbons (Fsp3) is 0.474. The fourth-order valence-corrected chi connectivity index (χ4v) is 3.54. The first-order valence-electron chi connectivity index (χ1n) is 9.17. The van der Waals surface area contributed by atoms with E-state index < -0.39 is 0 Å². The van der Waals surface area contributed by atoms with Gasteiger partial charge in [-0.05, 0) is 30.7 Å². The second kappa shape index (κ2) is 10.2. The Hall–Kier alpha value is -1.68. The summed E-state index contributed by atoms with van der Waals surface area (Å²) >= 11 is 5.97. The molecular formula is C19H28ClIN6O. The largest absolute Gasteiger partial charge is 0.481 e. The third kappa shape index (κ3) is 5.02. The SMILES string of the molecule is CCc1nn(C)c(OC)c1CN=C(N)N1CCN(c2ccc(Cl)cc2)CC1.I. The van der Waals surface area contributed by atoms with Gasteiger partial charge in [0.2, 0.25) is 5.88 Å². The van der Waals surface area contributed by atoms with Crippen molar-refractivity contribution in [3.05, 3.63) is 40.5 Å². The molecule has 154 valence electrons. The molecule has 2 heterocycles. The Balaban J connectivity index is 0.00000280. The van der Waals surface area contributed by atoms with Crippen molar-refractivity contribution >= 4 is 47.2 Å². The average Bonchev–Trinajstić information content (AvgIpc) is 3.01. The van der Waals surface area contributed by atoms with E-state index in [0.29, 0.717) is 12.5 Å². The van der Waals surface area contributed by atoms with Gasteiger partial charge in [0.15, 0.2) is 5.96 Å². The van der Waals surface area contributed by atoms with Gasteiger partial charge in [0.05, 0.1) is 24.9 Å². The van der Waals surface area contributed by atoms with Gasteiger partial charge in [0.1, 0.15) is 0 Å². The van der Waals surface area contributed by atoms with Gasteiger partial charge in [0.25, 0.3) is 0 Å². The average molecular weight is 519 g/mol. The summed E-state index contributed by atoms with van der Waals surface area (Å²) in [6.07, 6.45) is 0.835. The molecule has 9 heteroatoms. The third-order valence-electron chi connectivity index (χ3n) is 4.89. The summed E-state index contributed by atoms with van der Waals surface area (Å²) in [5.41, 5.74) is 9.45. The van der Waals surface area contributed by atoms with Crippen molar-refractivity contribution in [3.63, 3.8) is 0 Å². The number of aromatic nitrogens is 2. The van der Waals surface area contributed by atoms with Crippen LogP contribution in [0.4, 0.5) is 5.69 Å². The number of ether oxygens (including phenoxy) is 1. The predicted molar refractivity (Wildman–Crippen MR) is 125 cm³/mol. The molecule has 1 aromatic carbocycles. The van der Waals surface area contributed by atoms with Crippen molar-refractivity contribution in [2.45, 2.75) is 19.9 Å². The van der Waals surface area contributed by atoms with Crippen LogP contribution in [-0.4, -0.2) is 53.9 Å². The smallest absolute Gasteiger partial charge is 0.216 e. The lowest BCUT2D eigenvalue weighted by Crippen LogP contribution is -2.51. The highest BCUT2D eigenvalue weighted by molar-refractivity contribution is 14.0. The molecular weight excluding hydrogens is 491 g/mol. The lowest BCUT2D eigenvalue weighted by Gasteiger charge is -2.36. The number of halogens is 2. The zero-order valence-corrected chi connectivity index (χ0v) is 19.6. The van der Waals surface area contributed by atoms with Crippen LogP contribution in [0.5, 0.6) is 5.88 Å². The highest BCUT2D eigenvalue weighted by atomic mass is 127. The second-order valence-electron chi connectivity index (χ2n) is 6.54. The van der Waals surface area contributed by atoms with Crippen molar-refractivity contribution in [1.82, 2.24) is 14.7 Å². The maximum atomic E-state index is 6.26. The van der Waals surface area contributed by atoms with E-state index in [-0.39, 0.29) is 24.0 Å². The number of guanidine groups is 1. The lowest BCUT2D eigenvalue weighted by molar-refractivity contribution is 0.368. The molecule has 0 amide bonds. The van der Waals surface area contributed by atoms with Crippen LogP contribution in [0.15, 0.2) is 29.3 Å². The number of nitrogens with zero attached hydrogens (tertiary/aromatic N) is 5. The summed E-state index contributed by atoms with van der Waals surface area (Å²) in [4.78, 5) is 9.07. The third-order valence-corrected chi connectivity index (χ3v) is 5.15. The molecule has 1 aromatic heterocycles. The molecule has 3 rings (SSSR count). The molecule has 1 fully saturated rings. The number of rotatable bonds is 5. The number of benzene rings is 1. The molecule has 0 radical (unpaired) electrons. The highest BCUT2D eigenvalue weighted by Gasteiger charge is 2.20. The van der Waals surface area contributed by atoms with Crippen LogP contribution in [0.3, 0.4) is 0 Å². The van der Waals surface area contributed by atoms with Gasteiger partial charge in [-0.2, -0.15) is 5.10 Å². The molecule has 0 bridgehead atoms. The van der Waals surface area contributed by atoms with Crippen LogP contribution in [0.1, 0.15) is 18.2 Å². The molecule has 2 N–H and O–H groups in total. The van der Waals surface area contributed by atoms with E-state index in [4.69, 9.17) is 22.1 Å². The maximum Gasteiger partial charge on any atom is 0.216 e. The number of hydrogen-bond acceptors (Lipinski definition) is 4. The Morgan fingerprint density at radius 1 is 1.21 bits per heavy atom. The number of hydrogen-bond donors (Lipinski definition) is 1. The van der Waals surface area contributed by atoms with E-state index in [2.05, 4.69) is 38.9 Å². The van der Waals surface area contributed by atoms with E-state index in [0.717, 1.165) is 54.8 Å². The van der Waals surface area contributed by atoms with E-state index in [1.54, 1.807) is 11.8 Å². The number of anilines is 1. The van der Waals surface area contributed by atoms with E-state index in [9.17, 15) is 0 Å². The first-order chi connectivity index (χ1) is 13.0. The van der Waals surface area contributed by atoms with Crippen LogP contribution in [0.2, 0.25) is 5.02 Å². The van der Waals surface area contributed by atoms with Crippen molar-refractivity contribution in [2.24, 2.45) is 17.8 Å². The normalized spacial score (nSPS) is 14.8. The van der Waals surface area contributed by atoms with Crippen molar-refractivity contribution in [2.75, 3.05) is 38.2 Å². The van der Waals surface area contributed by atoms with Crippen molar-refractivity contribution in [3.8, 4) is 5.88 Å². The first kappa shape index (κ1) is 22.6. The monoisotopic (exact) mass is 518 g/mol. The Morgan fingerprint density at radius 2 is 1.86 bits per heavy atom. The summed E-state index contributed by atoms with van der Waals surface area (Å²) < 4.78 is 7.22. The van der Waals surface area contributed by atoms with Gasteiger partial charge in [-0.1, -0.05) is 18.5 Å². The van der Waals surface area contributed by atoms with Crippen molar-refractivity contribution < 1.29 is 4.74 Å². The molecule has 0 unspecified atom stereocenters. The quantitative estimate of drug-likeness (QED) is 0.374. The molecule has 1 aliphatic heterocycles. The van der Waals surface area contributed by atoms with Gasteiger partial charge in [-0.3, -0.25) is 0 Å². The molecule has 28 heavy (non-hydrogen) atoms. The molecule has 7 nitrogen and oxygen atoms in total. The van der Waals surface area contributed by atoms with Crippen LogP contribution >= 0.6 is 35.6 Å². The molecule has 1 saturated heterocycles. The minimum atomic E-state index is 0. The topological polar surface area (TPSA) is 71.9 Å². The van der Waals surface area contributed by atoms with Gasteiger partial charge < -0.3 is 20.3 Å². The van der Waals surface area contributed by atoms with Gasteiger partial charge in [0, 0.05) is 43.9 Å². The summed E-state index contributed by atoms with van der Waals surface area (Å²) in [7, 11) is 3.54. The van der Waals surface area contributed by atoms with E-state index in [1.165, 1.54) is 5.69 Å². The molecule has 0 atom stereocenters. The van der Waals surface area contributed by atoms with Gasteiger partial charge in [-0.25, -0.2) is 9.67 Å². The van der Waals surface area contributed by atoms with Gasteiger partial charge >= 0.3 is 0 Å². The second-order valence-corrected chi connectivity index (χ2v) is 6.97. The zero-order valence-electron chi connectivity index (χ0n) is 16.6. The molecule has 0 spiro atoms. The highest BCUT2D eigenvalue weighted by Crippen LogP contribution is 2.23. The van der Waals surface area contributed by atoms with E-state index >= 15 is 0 Å². The van der Waals surface area contributed by atoms with Gasteiger partial charge in [-0.15, -0.1) is 24.0 Å².